The van der Waals surface area contributed by atoms with Gasteiger partial charge in [-0.1, -0.05) is 49.1 Å². The summed E-state index contributed by atoms with van der Waals surface area (Å²) in [6, 6.07) is 17.6. The molecule has 11 heteroatoms. The van der Waals surface area contributed by atoms with E-state index >= 15 is 0 Å². The quantitative estimate of drug-likeness (QED) is 0.333. The fourth-order valence-corrected chi connectivity index (χ4v) is 4.31. The van der Waals surface area contributed by atoms with E-state index in [1.54, 1.807) is 15.4 Å². The summed E-state index contributed by atoms with van der Waals surface area (Å²) in [5, 5.41) is 13.3. The summed E-state index contributed by atoms with van der Waals surface area (Å²) in [4.78, 5) is 28.2. The van der Waals surface area contributed by atoms with Crippen molar-refractivity contribution in [2.45, 2.75) is 13.3 Å². The van der Waals surface area contributed by atoms with Crippen LogP contribution in [-0.2, 0) is 13.5 Å². The highest BCUT2D eigenvalue weighted by Gasteiger charge is 2.16. The molecule has 0 fully saturated rings. The maximum Gasteiger partial charge on any atom is 0.264 e. The molecule has 1 amide bonds. The van der Waals surface area contributed by atoms with Gasteiger partial charge < -0.3 is 11.5 Å². The summed E-state index contributed by atoms with van der Waals surface area (Å²) in [6.07, 6.45) is 7.21. The number of nitrogens with zero attached hydrogens (tertiary/aromatic N) is 7. The van der Waals surface area contributed by atoms with Gasteiger partial charge in [-0.15, -0.1) is 9.73 Å². The first-order valence-corrected chi connectivity index (χ1v) is 12.4. The molecular weight excluding hydrogens is 506 g/mol. The number of aryl methyl sites for hydroxylation is 2. The second-order valence-electron chi connectivity index (χ2n) is 8.77. The van der Waals surface area contributed by atoms with Gasteiger partial charge in [0.1, 0.15) is 5.56 Å². The number of hydrogen-bond donors (Lipinski definition) is 2. The molecule has 6 aromatic rings. The Kier molecular flexibility index (Phi) is 7.07. The minimum Gasteiger partial charge on any atom is -0.381 e. The van der Waals surface area contributed by atoms with E-state index < -0.39 is 5.91 Å². The number of fused-ring (bicyclic) bond motifs is 2. The molecule has 0 saturated carbocycles. The van der Waals surface area contributed by atoms with Crippen molar-refractivity contribution < 1.29 is 4.79 Å². The van der Waals surface area contributed by atoms with Gasteiger partial charge >= 0.3 is 0 Å². The molecule has 0 aliphatic carbocycles. The molecule has 0 atom stereocenters. The fraction of sp³-hybridized carbons (Fsp3) is 0.103. The average molecular weight is 532 g/mol. The molecule has 0 aliphatic rings. The Morgan fingerprint density at radius 3 is 2.52 bits per heavy atom. The number of carbonyl (C=O) groups excluding carboxylic acids is 1. The fourth-order valence-electron chi connectivity index (χ4n) is 4.31. The molecule has 2 aromatic carbocycles. The molecule has 198 valence electrons. The van der Waals surface area contributed by atoms with E-state index in [-0.39, 0.29) is 22.6 Å². The van der Waals surface area contributed by atoms with Crippen molar-refractivity contribution in [2.24, 2.45) is 12.8 Å². The molecule has 0 spiro atoms. The lowest BCUT2D eigenvalue weighted by atomic mass is 10.0. The van der Waals surface area contributed by atoms with Crippen LogP contribution in [0.15, 0.2) is 84.2 Å². The van der Waals surface area contributed by atoms with Crippen LogP contribution in [0.2, 0.25) is 0 Å². The monoisotopic (exact) mass is 531 g/mol. The summed E-state index contributed by atoms with van der Waals surface area (Å²) in [5.41, 5.74) is 14.3. The van der Waals surface area contributed by atoms with E-state index in [9.17, 15) is 9.59 Å². The van der Waals surface area contributed by atoms with Crippen LogP contribution in [0.4, 0.5) is 5.82 Å². The summed E-state index contributed by atoms with van der Waals surface area (Å²) in [5.74, 6) is 5.65. The van der Waals surface area contributed by atoms with Gasteiger partial charge in [-0.25, -0.2) is 4.98 Å². The van der Waals surface area contributed by atoms with E-state index in [1.807, 2.05) is 61.8 Å². The Bertz CT molecular complexity index is 1980. The van der Waals surface area contributed by atoms with Crippen molar-refractivity contribution in [1.29, 1.82) is 0 Å². The van der Waals surface area contributed by atoms with Crippen LogP contribution in [-0.4, -0.2) is 40.1 Å². The van der Waals surface area contributed by atoms with E-state index in [1.165, 1.54) is 12.4 Å². The number of para-hydroxylation sites is 1. The van der Waals surface area contributed by atoms with Gasteiger partial charge in [0.25, 0.3) is 11.5 Å². The van der Waals surface area contributed by atoms with Crippen molar-refractivity contribution in [3.8, 4) is 17.5 Å². The van der Waals surface area contributed by atoms with E-state index in [2.05, 4.69) is 45.1 Å². The molecule has 0 saturated heterocycles. The Labute approximate surface area is 228 Å². The molecule has 4 heterocycles. The van der Waals surface area contributed by atoms with Gasteiger partial charge in [0.15, 0.2) is 11.5 Å². The lowest BCUT2D eigenvalue weighted by Crippen LogP contribution is -2.22. The van der Waals surface area contributed by atoms with Crippen molar-refractivity contribution >= 4 is 28.1 Å². The molecule has 0 unspecified atom stereocenters. The minimum atomic E-state index is -0.659. The molecule has 11 nitrogen and oxygen atoms in total. The first-order valence-electron chi connectivity index (χ1n) is 12.4. The third kappa shape index (κ3) is 5.01. The molecular formula is C29H25N9O2. The SMILES string of the molecule is CCc1cc2cccc(C#Cc3cnn(C)c3)c2c(=O)n1-c1ccccc1.NC(=O)c1c(N)nn2nccnc12. The van der Waals surface area contributed by atoms with Crippen LogP contribution in [0.3, 0.4) is 0 Å². The summed E-state index contributed by atoms with van der Waals surface area (Å²) < 4.78 is 4.66. The number of hydrogen-bond acceptors (Lipinski definition) is 7. The average Bonchev–Trinajstić information content (AvgIpc) is 3.53. The van der Waals surface area contributed by atoms with Gasteiger partial charge in [-0.05, 0) is 36.1 Å². The second kappa shape index (κ2) is 10.9. The number of rotatable bonds is 3. The van der Waals surface area contributed by atoms with Gasteiger partial charge in [0.2, 0.25) is 0 Å². The summed E-state index contributed by atoms with van der Waals surface area (Å²) in [6.45, 7) is 2.06. The maximum atomic E-state index is 13.4. The topological polar surface area (TPSA) is 152 Å². The van der Waals surface area contributed by atoms with E-state index in [0.29, 0.717) is 5.39 Å². The summed E-state index contributed by atoms with van der Waals surface area (Å²) >= 11 is 0. The first-order chi connectivity index (χ1) is 19.4. The Morgan fingerprint density at radius 1 is 1.02 bits per heavy atom. The molecule has 0 bridgehead atoms. The van der Waals surface area contributed by atoms with Crippen LogP contribution >= 0.6 is 0 Å². The van der Waals surface area contributed by atoms with Crippen LogP contribution in [0.5, 0.6) is 0 Å². The zero-order chi connectivity index (χ0) is 28.2. The highest BCUT2D eigenvalue weighted by Crippen LogP contribution is 2.19. The van der Waals surface area contributed by atoms with Crippen molar-refractivity contribution in [2.75, 3.05) is 5.73 Å². The molecule has 0 aliphatic heterocycles. The van der Waals surface area contributed by atoms with Gasteiger partial charge in [0, 0.05) is 36.4 Å². The largest absolute Gasteiger partial charge is 0.381 e. The van der Waals surface area contributed by atoms with Crippen molar-refractivity contribution in [3.05, 3.63) is 112 Å². The van der Waals surface area contributed by atoms with Crippen molar-refractivity contribution in [3.63, 3.8) is 0 Å². The lowest BCUT2D eigenvalue weighted by Gasteiger charge is -2.14. The van der Waals surface area contributed by atoms with E-state index in [4.69, 9.17) is 11.5 Å². The molecule has 6 rings (SSSR count). The highest BCUT2D eigenvalue weighted by atomic mass is 16.1. The smallest absolute Gasteiger partial charge is 0.264 e. The third-order valence-electron chi connectivity index (χ3n) is 6.10. The van der Waals surface area contributed by atoms with Crippen LogP contribution in [0, 0.1) is 11.8 Å². The Morgan fingerprint density at radius 2 is 1.82 bits per heavy atom. The molecule has 4 N–H and O–H groups in total. The molecule has 4 aromatic heterocycles. The molecule has 0 radical (unpaired) electrons. The van der Waals surface area contributed by atoms with Gasteiger partial charge in [0.05, 0.1) is 23.3 Å². The Balaban J connectivity index is 0.000000207. The summed E-state index contributed by atoms with van der Waals surface area (Å²) in [7, 11) is 1.86. The minimum absolute atomic E-state index is 0.0355. The number of pyridine rings is 1. The van der Waals surface area contributed by atoms with E-state index in [0.717, 1.165) is 38.9 Å². The Hall–Kier alpha value is -5.76. The van der Waals surface area contributed by atoms with Crippen molar-refractivity contribution in [1.82, 2.24) is 34.2 Å². The zero-order valence-electron chi connectivity index (χ0n) is 21.8. The number of anilines is 1. The third-order valence-corrected chi connectivity index (χ3v) is 6.10. The predicted octanol–water partition coefficient (Wildman–Crippen LogP) is 2.49. The number of aromatic nitrogens is 7. The first kappa shape index (κ1) is 25.9. The van der Waals surface area contributed by atoms with Crippen LogP contribution in [0.1, 0.15) is 34.1 Å². The highest BCUT2D eigenvalue weighted by molar-refractivity contribution is 6.03. The van der Waals surface area contributed by atoms with Gasteiger partial charge in [-0.3, -0.25) is 18.8 Å². The van der Waals surface area contributed by atoms with Crippen LogP contribution in [0.25, 0.3) is 22.1 Å². The second-order valence-corrected chi connectivity index (χ2v) is 8.77. The lowest BCUT2D eigenvalue weighted by molar-refractivity contribution is 0.100. The van der Waals surface area contributed by atoms with Crippen LogP contribution < -0.4 is 17.0 Å². The standard InChI is InChI=1S/C23H19N3O.C6H6N6O/c1-3-20-14-19-9-7-8-18(13-12-17-15-24-25(2)16-17)22(19)23(27)26(20)21-10-5-4-6-11-21;7-4-3(5(8)13)6-9-1-2-10-12(6)11-4/h4-11,14-16H,3H2,1-2H3;1-2H,(H2,7,11)(H2,8,13). The van der Waals surface area contributed by atoms with Gasteiger partial charge in [-0.2, -0.15) is 10.2 Å². The molecule has 40 heavy (non-hydrogen) atoms. The predicted molar refractivity (Wildman–Crippen MR) is 152 cm³/mol. The number of benzene rings is 2. The maximum absolute atomic E-state index is 13.4. The number of nitrogen functional groups attached to an aromatic ring is 1. The number of primary amides is 1. The normalized spacial score (nSPS) is 10.6. The zero-order valence-corrected chi connectivity index (χ0v) is 21.8. The number of carbonyl (C=O) groups is 1. The number of amides is 1. The number of nitrogens with two attached hydrogens (primary N) is 2.